The van der Waals surface area contributed by atoms with Crippen molar-refractivity contribution in [3.05, 3.63) is 0 Å². The second-order valence-corrected chi connectivity index (χ2v) is 5.07. The number of aliphatic hydroxyl groups is 1. The van der Waals surface area contributed by atoms with Gasteiger partial charge in [-0.15, -0.1) is 0 Å². The highest BCUT2D eigenvalue weighted by molar-refractivity contribution is 6.00. The topological polar surface area (TPSA) is 87.7 Å². The first-order valence-electron chi connectivity index (χ1n) is 7.85. The molecule has 0 aliphatic carbocycles. The molecule has 0 fully saturated rings. The van der Waals surface area contributed by atoms with Gasteiger partial charge in [0, 0.05) is 20.2 Å². The first-order chi connectivity index (χ1) is 10.1. The number of nitrogens with one attached hydrogen (secondary N) is 2. The van der Waals surface area contributed by atoms with Crippen LogP contribution in [0.2, 0.25) is 0 Å². The van der Waals surface area contributed by atoms with E-state index in [9.17, 15) is 14.7 Å². The first kappa shape index (κ1) is 19.9. The Labute approximate surface area is 127 Å². The van der Waals surface area contributed by atoms with Crippen molar-refractivity contribution >= 4 is 11.8 Å². The molecule has 0 aliphatic heterocycles. The predicted octanol–water partition coefficient (Wildman–Crippen LogP) is 1.18. The van der Waals surface area contributed by atoms with Gasteiger partial charge >= 0.3 is 0 Å². The lowest BCUT2D eigenvalue weighted by atomic mass is 10.0. The van der Waals surface area contributed by atoms with Crippen molar-refractivity contribution < 1.29 is 19.4 Å². The summed E-state index contributed by atoms with van der Waals surface area (Å²) in [4.78, 5) is 23.8. The van der Waals surface area contributed by atoms with Crippen molar-refractivity contribution in [2.24, 2.45) is 5.92 Å². The monoisotopic (exact) mass is 302 g/mol. The maximum Gasteiger partial charge on any atom is 0.232 e. The van der Waals surface area contributed by atoms with Crippen LogP contribution in [0.4, 0.5) is 0 Å². The van der Waals surface area contributed by atoms with Crippen molar-refractivity contribution in [3.8, 4) is 0 Å². The van der Waals surface area contributed by atoms with Crippen LogP contribution in [0.5, 0.6) is 0 Å². The Morgan fingerprint density at radius 3 is 2.33 bits per heavy atom. The molecule has 6 heteroatoms. The van der Waals surface area contributed by atoms with Gasteiger partial charge in [0.15, 0.2) is 6.29 Å². The second-order valence-electron chi connectivity index (χ2n) is 5.07. The van der Waals surface area contributed by atoms with Gasteiger partial charge in [-0.3, -0.25) is 9.59 Å². The molecule has 0 heterocycles. The second kappa shape index (κ2) is 12.6. The Balaban J connectivity index is 4.23. The third-order valence-corrected chi connectivity index (χ3v) is 3.22. The number of carbonyl (C=O) groups excluding carboxylic acids is 2. The molecule has 2 amide bonds. The maximum atomic E-state index is 12.0. The zero-order chi connectivity index (χ0) is 16.1. The molecule has 0 rings (SSSR count). The molecule has 0 radical (unpaired) electrons. The average molecular weight is 302 g/mol. The lowest BCUT2D eigenvalue weighted by Gasteiger charge is -2.17. The molecule has 0 aromatic carbocycles. The minimum atomic E-state index is -0.924. The Hall–Kier alpha value is -1.14. The standard InChI is InChI=1S/C15H30N2O4/c1-4-6-10-17-15(20)12(14(19)16-3)8-9-13(18)21-11-7-5-2/h12-13,18H,4-11H2,1-3H3,(H,16,19)(H,17,20). The highest BCUT2D eigenvalue weighted by Gasteiger charge is 2.26. The van der Waals surface area contributed by atoms with Gasteiger partial charge in [-0.25, -0.2) is 0 Å². The van der Waals surface area contributed by atoms with E-state index in [0.717, 1.165) is 25.7 Å². The van der Waals surface area contributed by atoms with Crippen molar-refractivity contribution in [1.29, 1.82) is 0 Å². The van der Waals surface area contributed by atoms with Crippen molar-refractivity contribution in [2.45, 2.75) is 58.7 Å². The first-order valence-corrected chi connectivity index (χ1v) is 7.85. The van der Waals surface area contributed by atoms with Gasteiger partial charge < -0.3 is 20.5 Å². The largest absolute Gasteiger partial charge is 0.368 e. The van der Waals surface area contributed by atoms with E-state index < -0.39 is 12.2 Å². The van der Waals surface area contributed by atoms with E-state index in [1.54, 1.807) is 0 Å². The predicted molar refractivity (Wildman–Crippen MR) is 81.6 cm³/mol. The quantitative estimate of drug-likeness (QED) is 0.287. The van der Waals surface area contributed by atoms with Crippen molar-refractivity contribution in [3.63, 3.8) is 0 Å². The molecule has 124 valence electrons. The highest BCUT2D eigenvalue weighted by atomic mass is 16.6. The molecule has 0 aromatic heterocycles. The number of hydrogen-bond donors (Lipinski definition) is 3. The Kier molecular flexibility index (Phi) is 11.9. The average Bonchev–Trinajstić information content (AvgIpc) is 2.47. The minimum absolute atomic E-state index is 0.267. The van der Waals surface area contributed by atoms with Crippen LogP contribution in [0.15, 0.2) is 0 Å². The molecule has 0 saturated carbocycles. The SMILES string of the molecule is CCCCNC(=O)C(CCC(O)OCCCC)C(=O)NC. The number of aliphatic hydroxyl groups excluding tert-OH is 1. The van der Waals surface area contributed by atoms with Gasteiger partial charge in [0.1, 0.15) is 5.92 Å². The summed E-state index contributed by atoms with van der Waals surface area (Å²) in [5.74, 6) is -1.40. The van der Waals surface area contributed by atoms with E-state index in [-0.39, 0.29) is 24.7 Å². The number of unbranched alkanes of at least 4 members (excludes halogenated alkanes) is 2. The maximum absolute atomic E-state index is 12.0. The number of amides is 2. The fourth-order valence-corrected chi connectivity index (χ4v) is 1.82. The third-order valence-electron chi connectivity index (χ3n) is 3.22. The van der Waals surface area contributed by atoms with Crippen LogP contribution in [-0.4, -0.2) is 43.4 Å². The van der Waals surface area contributed by atoms with E-state index >= 15 is 0 Å². The molecule has 6 nitrogen and oxygen atoms in total. The summed E-state index contributed by atoms with van der Waals surface area (Å²) in [6.45, 7) is 5.13. The van der Waals surface area contributed by atoms with Gasteiger partial charge in [0.2, 0.25) is 11.8 Å². The van der Waals surface area contributed by atoms with Crippen LogP contribution >= 0.6 is 0 Å². The molecule has 2 atom stereocenters. The summed E-state index contributed by atoms with van der Waals surface area (Å²) < 4.78 is 5.22. The Bertz CT molecular complexity index is 297. The zero-order valence-electron chi connectivity index (χ0n) is 13.5. The van der Waals surface area contributed by atoms with E-state index in [1.165, 1.54) is 7.05 Å². The molecular weight excluding hydrogens is 272 g/mol. The molecule has 0 aromatic rings. The van der Waals surface area contributed by atoms with Gasteiger partial charge in [0.25, 0.3) is 0 Å². The molecule has 0 aliphatic rings. The molecule has 2 unspecified atom stereocenters. The molecule has 0 saturated heterocycles. The van der Waals surface area contributed by atoms with Crippen molar-refractivity contribution in [1.82, 2.24) is 10.6 Å². The van der Waals surface area contributed by atoms with E-state index in [2.05, 4.69) is 10.6 Å². The van der Waals surface area contributed by atoms with Gasteiger partial charge in [-0.2, -0.15) is 0 Å². The summed E-state index contributed by atoms with van der Waals surface area (Å²) in [6.07, 6.45) is 3.35. The summed E-state index contributed by atoms with van der Waals surface area (Å²) in [7, 11) is 1.50. The van der Waals surface area contributed by atoms with Gasteiger partial charge in [0.05, 0.1) is 0 Å². The summed E-state index contributed by atoms with van der Waals surface area (Å²) >= 11 is 0. The summed E-state index contributed by atoms with van der Waals surface area (Å²) in [6, 6.07) is 0. The fraction of sp³-hybridized carbons (Fsp3) is 0.867. The summed E-state index contributed by atoms with van der Waals surface area (Å²) in [5, 5.41) is 14.9. The highest BCUT2D eigenvalue weighted by Crippen LogP contribution is 2.11. The van der Waals surface area contributed by atoms with Gasteiger partial charge in [-0.1, -0.05) is 26.7 Å². The summed E-state index contributed by atoms with van der Waals surface area (Å²) in [5.41, 5.74) is 0. The number of hydrogen-bond acceptors (Lipinski definition) is 4. The molecule has 0 bridgehead atoms. The third kappa shape index (κ3) is 9.42. The Morgan fingerprint density at radius 2 is 1.76 bits per heavy atom. The van der Waals surface area contributed by atoms with Crippen LogP contribution in [0.3, 0.4) is 0 Å². The lowest BCUT2D eigenvalue weighted by Crippen LogP contribution is -2.41. The number of rotatable bonds is 12. The fourth-order valence-electron chi connectivity index (χ4n) is 1.82. The van der Waals surface area contributed by atoms with Crippen LogP contribution in [0.1, 0.15) is 52.4 Å². The van der Waals surface area contributed by atoms with E-state index in [1.807, 2.05) is 13.8 Å². The normalized spacial score (nSPS) is 13.5. The molecular formula is C15H30N2O4. The minimum Gasteiger partial charge on any atom is -0.368 e. The van der Waals surface area contributed by atoms with E-state index in [0.29, 0.717) is 13.2 Å². The van der Waals surface area contributed by atoms with Crippen LogP contribution in [0, 0.1) is 5.92 Å². The molecule has 3 N–H and O–H groups in total. The zero-order valence-corrected chi connectivity index (χ0v) is 13.5. The Morgan fingerprint density at radius 1 is 1.10 bits per heavy atom. The van der Waals surface area contributed by atoms with Gasteiger partial charge in [-0.05, 0) is 25.7 Å². The van der Waals surface area contributed by atoms with Crippen molar-refractivity contribution in [2.75, 3.05) is 20.2 Å². The van der Waals surface area contributed by atoms with Crippen LogP contribution < -0.4 is 10.6 Å². The van der Waals surface area contributed by atoms with Crippen LogP contribution in [0.25, 0.3) is 0 Å². The number of carbonyl (C=O) groups is 2. The smallest absolute Gasteiger partial charge is 0.232 e. The molecule has 0 spiro atoms. The lowest BCUT2D eigenvalue weighted by molar-refractivity contribution is -0.137. The van der Waals surface area contributed by atoms with Crippen LogP contribution in [-0.2, 0) is 14.3 Å². The molecule has 21 heavy (non-hydrogen) atoms. The number of ether oxygens (including phenoxy) is 1. The van der Waals surface area contributed by atoms with E-state index in [4.69, 9.17) is 4.74 Å².